The van der Waals surface area contributed by atoms with Gasteiger partial charge in [0.25, 0.3) is 0 Å². The zero-order valence-electron chi connectivity index (χ0n) is 9.67. The molecule has 84 valence electrons. The first-order chi connectivity index (χ1) is 7.31. The van der Waals surface area contributed by atoms with Crippen molar-refractivity contribution in [3.8, 4) is 11.5 Å². The second-order valence-corrected chi connectivity index (χ2v) is 3.18. The summed E-state index contributed by atoms with van der Waals surface area (Å²) < 4.78 is 11.0. The number of nitrogens with one attached hydrogen (secondary N) is 1. The van der Waals surface area contributed by atoms with E-state index in [2.05, 4.69) is 5.32 Å². The molecule has 3 nitrogen and oxygen atoms in total. The number of rotatable bonds is 6. The van der Waals surface area contributed by atoms with E-state index in [4.69, 9.17) is 9.47 Å². The first kappa shape index (κ1) is 11.9. The third kappa shape index (κ3) is 3.44. The van der Waals surface area contributed by atoms with Crippen molar-refractivity contribution in [2.45, 2.75) is 20.4 Å². The Morgan fingerprint density at radius 3 is 2.33 bits per heavy atom. The fraction of sp³-hybridized carbons (Fsp3) is 0.500. The van der Waals surface area contributed by atoms with Crippen molar-refractivity contribution in [1.82, 2.24) is 5.32 Å². The molecule has 1 N–H and O–H groups in total. The third-order valence-corrected chi connectivity index (χ3v) is 1.99. The Labute approximate surface area is 91.4 Å². The van der Waals surface area contributed by atoms with Gasteiger partial charge in [0, 0.05) is 6.54 Å². The van der Waals surface area contributed by atoms with Gasteiger partial charge in [-0.15, -0.1) is 0 Å². The maximum atomic E-state index is 5.52. The number of benzene rings is 1. The van der Waals surface area contributed by atoms with Gasteiger partial charge in [0.05, 0.1) is 13.2 Å². The molecule has 0 fully saturated rings. The van der Waals surface area contributed by atoms with Gasteiger partial charge in [0.15, 0.2) is 11.5 Å². The number of ether oxygens (including phenoxy) is 2. The first-order valence-corrected chi connectivity index (χ1v) is 5.34. The summed E-state index contributed by atoms with van der Waals surface area (Å²) >= 11 is 0. The summed E-state index contributed by atoms with van der Waals surface area (Å²) in [7, 11) is 1.93. The molecule has 0 aliphatic carbocycles. The molecule has 0 spiro atoms. The van der Waals surface area contributed by atoms with E-state index in [9.17, 15) is 0 Å². The molecule has 0 atom stereocenters. The third-order valence-electron chi connectivity index (χ3n) is 1.99. The average Bonchev–Trinajstić information content (AvgIpc) is 2.23. The van der Waals surface area contributed by atoms with E-state index >= 15 is 0 Å². The van der Waals surface area contributed by atoms with E-state index in [0.717, 1.165) is 18.0 Å². The molecule has 0 saturated carbocycles. The number of hydrogen-bond donors (Lipinski definition) is 1. The van der Waals surface area contributed by atoms with Crippen LogP contribution in [0.5, 0.6) is 11.5 Å². The second-order valence-electron chi connectivity index (χ2n) is 3.18. The zero-order valence-corrected chi connectivity index (χ0v) is 9.67. The lowest BCUT2D eigenvalue weighted by Crippen LogP contribution is -2.06. The number of hydrogen-bond acceptors (Lipinski definition) is 3. The Bertz CT molecular complexity index is 300. The molecule has 1 aromatic rings. The van der Waals surface area contributed by atoms with E-state index < -0.39 is 0 Å². The topological polar surface area (TPSA) is 30.5 Å². The van der Waals surface area contributed by atoms with E-state index in [1.165, 1.54) is 5.56 Å². The van der Waals surface area contributed by atoms with E-state index in [1.807, 2.05) is 39.1 Å². The molecule has 1 rings (SSSR count). The lowest BCUT2D eigenvalue weighted by Gasteiger charge is -2.12. The Morgan fingerprint density at radius 2 is 1.73 bits per heavy atom. The molecule has 0 aliphatic heterocycles. The van der Waals surface area contributed by atoms with Gasteiger partial charge in [-0.3, -0.25) is 0 Å². The standard InChI is InChI=1S/C12H19NO2/c1-4-14-11-7-6-10(9-13-3)8-12(11)15-5-2/h6-8,13H,4-5,9H2,1-3H3. The average molecular weight is 209 g/mol. The van der Waals surface area contributed by atoms with Crippen molar-refractivity contribution in [2.75, 3.05) is 20.3 Å². The molecule has 0 heterocycles. The second kappa shape index (κ2) is 6.30. The minimum atomic E-state index is 0.656. The summed E-state index contributed by atoms with van der Waals surface area (Å²) in [4.78, 5) is 0. The molecule has 0 amide bonds. The Kier molecular flexibility index (Phi) is 4.98. The molecule has 0 radical (unpaired) electrons. The molecule has 1 aromatic carbocycles. The van der Waals surface area contributed by atoms with Crippen LogP contribution in [0.15, 0.2) is 18.2 Å². The quantitative estimate of drug-likeness (QED) is 0.779. The molecule has 15 heavy (non-hydrogen) atoms. The Balaban J connectivity index is 2.87. The highest BCUT2D eigenvalue weighted by atomic mass is 16.5. The van der Waals surface area contributed by atoms with Crippen molar-refractivity contribution >= 4 is 0 Å². The maximum absolute atomic E-state index is 5.52. The Morgan fingerprint density at radius 1 is 1.07 bits per heavy atom. The lowest BCUT2D eigenvalue weighted by molar-refractivity contribution is 0.287. The van der Waals surface area contributed by atoms with Gasteiger partial charge in [-0.2, -0.15) is 0 Å². The summed E-state index contributed by atoms with van der Waals surface area (Å²) in [5, 5.41) is 3.11. The molecule has 0 unspecified atom stereocenters. The molecule has 0 aliphatic rings. The van der Waals surface area contributed by atoms with Gasteiger partial charge >= 0.3 is 0 Å². The van der Waals surface area contributed by atoms with Crippen LogP contribution in [0.25, 0.3) is 0 Å². The smallest absolute Gasteiger partial charge is 0.161 e. The molecular formula is C12H19NO2. The van der Waals surface area contributed by atoms with Gasteiger partial charge in [0.1, 0.15) is 0 Å². The predicted octanol–water partition coefficient (Wildman–Crippen LogP) is 2.20. The van der Waals surface area contributed by atoms with Gasteiger partial charge in [-0.05, 0) is 38.6 Å². The van der Waals surface area contributed by atoms with Crippen molar-refractivity contribution in [3.05, 3.63) is 23.8 Å². The van der Waals surface area contributed by atoms with Crippen molar-refractivity contribution < 1.29 is 9.47 Å². The summed E-state index contributed by atoms with van der Waals surface area (Å²) in [5.41, 5.74) is 1.20. The largest absolute Gasteiger partial charge is 0.490 e. The summed E-state index contributed by atoms with van der Waals surface area (Å²) in [6.45, 7) is 6.10. The van der Waals surface area contributed by atoms with Crippen molar-refractivity contribution in [3.63, 3.8) is 0 Å². The summed E-state index contributed by atoms with van der Waals surface area (Å²) in [5.74, 6) is 1.64. The van der Waals surface area contributed by atoms with Crippen LogP contribution >= 0.6 is 0 Å². The fourth-order valence-corrected chi connectivity index (χ4v) is 1.41. The van der Waals surface area contributed by atoms with Crippen LogP contribution in [-0.4, -0.2) is 20.3 Å². The monoisotopic (exact) mass is 209 g/mol. The normalized spacial score (nSPS) is 10.1. The molecule has 0 bridgehead atoms. The highest BCUT2D eigenvalue weighted by Gasteiger charge is 2.05. The SMILES string of the molecule is CCOc1ccc(CNC)cc1OCC. The van der Waals surface area contributed by atoms with Crippen LogP contribution in [0, 0.1) is 0 Å². The van der Waals surface area contributed by atoms with Crippen LogP contribution in [0.1, 0.15) is 19.4 Å². The molecule has 0 saturated heterocycles. The van der Waals surface area contributed by atoms with Crippen molar-refractivity contribution in [1.29, 1.82) is 0 Å². The van der Waals surface area contributed by atoms with Crippen molar-refractivity contribution in [2.24, 2.45) is 0 Å². The van der Waals surface area contributed by atoms with Gasteiger partial charge in [-0.25, -0.2) is 0 Å². The minimum absolute atomic E-state index is 0.656. The van der Waals surface area contributed by atoms with Crippen LogP contribution in [-0.2, 0) is 6.54 Å². The summed E-state index contributed by atoms with van der Waals surface area (Å²) in [6.07, 6.45) is 0. The van der Waals surface area contributed by atoms with E-state index in [0.29, 0.717) is 13.2 Å². The minimum Gasteiger partial charge on any atom is -0.490 e. The van der Waals surface area contributed by atoms with Crippen LogP contribution in [0.2, 0.25) is 0 Å². The lowest BCUT2D eigenvalue weighted by atomic mass is 10.2. The summed E-state index contributed by atoms with van der Waals surface area (Å²) in [6, 6.07) is 6.02. The van der Waals surface area contributed by atoms with Crippen LogP contribution in [0.3, 0.4) is 0 Å². The first-order valence-electron chi connectivity index (χ1n) is 5.34. The maximum Gasteiger partial charge on any atom is 0.161 e. The van der Waals surface area contributed by atoms with E-state index in [1.54, 1.807) is 0 Å². The molecular weight excluding hydrogens is 190 g/mol. The van der Waals surface area contributed by atoms with Gasteiger partial charge < -0.3 is 14.8 Å². The molecule has 3 heteroatoms. The van der Waals surface area contributed by atoms with Crippen LogP contribution < -0.4 is 14.8 Å². The highest BCUT2D eigenvalue weighted by Crippen LogP contribution is 2.28. The van der Waals surface area contributed by atoms with Crippen LogP contribution in [0.4, 0.5) is 0 Å². The van der Waals surface area contributed by atoms with Gasteiger partial charge in [-0.1, -0.05) is 6.07 Å². The van der Waals surface area contributed by atoms with E-state index in [-0.39, 0.29) is 0 Å². The highest BCUT2D eigenvalue weighted by molar-refractivity contribution is 5.43. The zero-order chi connectivity index (χ0) is 11.1. The van der Waals surface area contributed by atoms with Gasteiger partial charge in [0.2, 0.25) is 0 Å². The predicted molar refractivity (Wildman–Crippen MR) is 61.5 cm³/mol. The Hall–Kier alpha value is -1.22. The fourth-order valence-electron chi connectivity index (χ4n) is 1.41. The molecule has 0 aromatic heterocycles.